The quantitative estimate of drug-likeness (QED) is 0.827. The summed E-state index contributed by atoms with van der Waals surface area (Å²) in [5.41, 5.74) is 0.228. The highest BCUT2D eigenvalue weighted by atomic mass is 35.5. The number of halogens is 1. The number of nitrogens with zero attached hydrogens (tertiary/aromatic N) is 2. The number of rotatable bonds is 4. The summed E-state index contributed by atoms with van der Waals surface area (Å²) in [5.74, 6) is -0.114. The number of benzene rings is 1. The van der Waals surface area contributed by atoms with Crippen molar-refractivity contribution in [3.05, 3.63) is 39.9 Å². The van der Waals surface area contributed by atoms with Gasteiger partial charge in [0.25, 0.3) is 5.91 Å². The predicted octanol–water partition coefficient (Wildman–Crippen LogP) is 3.78. The number of piperidine rings is 1. The Morgan fingerprint density at radius 2 is 2.19 bits per heavy atom. The van der Waals surface area contributed by atoms with Gasteiger partial charge in [-0.25, -0.2) is 13.4 Å². The number of amides is 1. The van der Waals surface area contributed by atoms with Crippen LogP contribution in [0.15, 0.2) is 29.3 Å². The van der Waals surface area contributed by atoms with Crippen LogP contribution in [0.1, 0.15) is 35.0 Å². The zero-order valence-corrected chi connectivity index (χ0v) is 16.9. The van der Waals surface area contributed by atoms with Crippen LogP contribution in [0.4, 0.5) is 5.13 Å². The van der Waals surface area contributed by atoms with Crippen LogP contribution in [0.3, 0.4) is 0 Å². The Kier molecular flexibility index (Phi) is 5.67. The van der Waals surface area contributed by atoms with E-state index in [1.807, 2.05) is 13.8 Å². The van der Waals surface area contributed by atoms with Crippen molar-refractivity contribution in [3.63, 3.8) is 0 Å². The lowest BCUT2D eigenvalue weighted by Crippen LogP contribution is -2.39. The first-order valence-electron chi connectivity index (χ1n) is 8.31. The SMILES string of the molecule is Cc1cnc(NC(=O)c2ccc(Cl)c(S(=O)(=O)N3CCCC(C)C3)c2)s1. The van der Waals surface area contributed by atoms with E-state index in [-0.39, 0.29) is 15.5 Å². The lowest BCUT2D eigenvalue weighted by molar-refractivity contribution is 0.102. The molecule has 2 heterocycles. The fourth-order valence-electron chi connectivity index (χ4n) is 2.93. The summed E-state index contributed by atoms with van der Waals surface area (Å²) in [4.78, 5) is 17.5. The van der Waals surface area contributed by atoms with Crippen molar-refractivity contribution in [1.29, 1.82) is 0 Å². The summed E-state index contributed by atoms with van der Waals surface area (Å²) >= 11 is 7.51. The van der Waals surface area contributed by atoms with Gasteiger partial charge in [-0.1, -0.05) is 18.5 Å². The summed E-state index contributed by atoms with van der Waals surface area (Å²) in [6, 6.07) is 4.30. The van der Waals surface area contributed by atoms with Crippen LogP contribution < -0.4 is 5.32 Å². The molecule has 0 saturated carbocycles. The molecule has 140 valence electrons. The van der Waals surface area contributed by atoms with Gasteiger partial charge in [0, 0.05) is 29.7 Å². The lowest BCUT2D eigenvalue weighted by atomic mass is 10.0. The Morgan fingerprint density at radius 3 is 2.85 bits per heavy atom. The van der Waals surface area contributed by atoms with Gasteiger partial charge in [0.1, 0.15) is 4.90 Å². The van der Waals surface area contributed by atoms with Crippen LogP contribution >= 0.6 is 22.9 Å². The van der Waals surface area contributed by atoms with Gasteiger partial charge < -0.3 is 0 Å². The summed E-state index contributed by atoms with van der Waals surface area (Å²) in [6.07, 6.45) is 3.49. The van der Waals surface area contributed by atoms with Crippen molar-refractivity contribution in [2.75, 3.05) is 18.4 Å². The molecule has 0 bridgehead atoms. The second kappa shape index (κ2) is 7.64. The summed E-state index contributed by atoms with van der Waals surface area (Å²) in [5, 5.41) is 3.27. The number of carbonyl (C=O) groups excluding carboxylic acids is 1. The molecule has 9 heteroatoms. The van der Waals surface area contributed by atoms with E-state index in [9.17, 15) is 13.2 Å². The maximum absolute atomic E-state index is 13.0. The molecular weight excluding hydrogens is 394 g/mol. The molecule has 1 unspecified atom stereocenters. The van der Waals surface area contributed by atoms with Crippen molar-refractivity contribution in [2.45, 2.75) is 31.6 Å². The molecule has 0 spiro atoms. The molecule has 0 aliphatic carbocycles. The van der Waals surface area contributed by atoms with Crippen LogP contribution in [0.2, 0.25) is 5.02 Å². The lowest BCUT2D eigenvalue weighted by Gasteiger charge is -2.30. The Balaban J connectivity index is 1.88. The molecule has 1 fully saturated rings. The van der Waals surface area contributed by atoms with Gasteiger partial charge in [0.15, 0.2) is 5.13 Å². The Morgan fingerprint density at radius 1 is 1.42 bits per heavy atom. The topological polar surface area (TPSA) is 79.4 Å². The van der Waals surface area contributed by atoms with Gasteiger partial charge in [-0.15, -0.1) is 11.3 Å². The first-order valence-corrected chi connectivity index (χ1v) is 10.9. The highest BCUT2D eigenvalue weighted by Gasteiger charge is 2.31. The third kappa shape index (κ3) is 4.09. The van der Waals surface area contributed by atoms with E-state index in [1.165, 1.54) is 33.8 Å². The van der Waals surface area contributed by atoms with E-state index in [0.29, 0.717) is 24.1 Å². The normalized spacial score (nSPS) is 18.7. The minimum atomic E-state index is -3.74. The maximum atomic E-state index is 13.0. The van der Waals surface area contributed by atoms with Crippen LogP contribution in [-0.2, 0) is 10.0 Å². The van der Waals surface area contributed by atoms with E-state index in [2.05, 4.69) is 10.3 Å². The van der Waals surface area contributed by atoms with Crippen LogP contribution in [-0.4, -0.2) is 36.7 Å². The molecule has 1 N–H and O–H groups in total. The third-order valence-electron chi connectivity index (χ3n) is 4.27. The zero-order valence-electron chi connectivity index (χ0n) is 14.5. The number of nitrogens with one attached hydrogen (secondary N) is 1. The Bertz CT molecular complexity index is 927. The van der Waals surface area contributed by atoms with Crippen LogP contribution in [0.5, 0.6) is 0 Å². The van der Waals surface area contributed by atoms with E-state index >= 15 is 0 Å². The van der Waals surface area contributed by atoms with Crippen molar-refractivity contribution in [3.8, 4) is 0 Å². The molecule has 26 heavy (non-hydrogen) atoms. The molecule has 1 atom stereocenters. The van der Waals surface area contributed by atoms with Gasteiger partial charge in [0.05, 0.1) is 5.02 Å². The van der Waals surface area contributed by atoms with Crippen molar-refractivity contribution in [1.82, 2.24) is 9.29 Å². The smallest absolute Gasteiger partial charge is 0.257 e. The number of aryl methyl sites for hydroxylation is 1. The first kappa shape index (κ1) is 19.3. The summed E-state index contributed by atoms with van der Waals surface area (Å²) in [7, 11) is -3.74. The molecule has 1 saturated heterocycles. The Labute approximate surface area is 162 Å². The van der Waals surface area contributed by atoms with Gasteiger partial charge in [-0.05, 0) is 43.9 Å². The number of aromatic nitrogens is 1. The molecule has 1 aliphatic heterocycles. The maximum Gasteiger partial charge on any atom is 0.257 e. The summed E-state index contributed by atoms with van der Waals surface area (Å²) in [6.45, 7) is 4.86. The number of thiazole rings is 1. The first-order chi connectivity index (χ1) is 12.3. The molecule has 1 aromatic carbocycles. The molecule has 2 aromatic rings. The number of carbonyl (C=O) groups is 1. The third-order valence-corrected chi connectivity index (χ3v) is 7.45. The van der Waals surface area contributed by atoms with Gasteiger partial charge in [0.2, 0.25) is 10.0 Å². The molecule has 6 nitrogen and oxygen atoms in total. The molecule has 1 aliphatic rings. The highest BCUT2D eigenvalue weighted by Crippen LogP contribution is 2.29. The highest BCUT2D eigenvalue weighted by molar-refractivity contribution is 7.89. The van der Waals surface area contributed by atoms with Crippen molar-refractivity contribution >= 4 is 44.0 Å². The molecular formula is C17H20ClN3O3S2. The van der Waals surface area contributed by atoms with E-state index in [4.69, 9.17) is 11.6 Å². The minimum absolute atomic E-state index is 0.0313. The number of hydrogen-bond acceptors (Lipinski definition) is 5. The fourth-order valence-corrected chi connectivity index (χ4v) is 5.69. The molecule has 3 rings (SSSR count). The predicted molar refractivity (Wildman–Crippen MR) is 103 cm³/mol. The zero-order chi connectivity index (χ0) is 18.9. The summed E-state index contributed by atoms with van der Waals surface area (Å²) < 4.78 is 27.4. The standard InChI is InChI=1S/C17H20ClN3O3S2/c1-11-4-3-7-21(10-11)26(23,24)15-8-13(5-6-14(15)18)16(22)20-17-19-9-12(2)25-17/h5-6,8-9,11H,3-4,7,10H2,1-2H3,(H,19,20,22). The molecule has 0 radical (unpaired) electrons. The van der Waals surface area contributed by atoms with E-state index in [1.54, 1.807) is 6.20 Å². The van der Waals surface area contributed by atoms with Crippen LogP contribution in [0, 0.1) is 12.8 Å². The van der Waals surface area contributed by atoms with Gasteiger partial charge in [-0.2, -0.15) is 4.31 Å². The average Bonchev–Trinajstić information content (AvgIpc) is 3.00. The van der Waals surface area contributed by atoms with Crippen molar-refractivity contribution < 1.29 is 13.2 Å². The molecule has 1 aromatic heterocycles. The largest absolute Gasteiger partial charge is 0.298 e. The number of sulfonamides is 1. The average molecular weight is 414 g/mol. The monoisotopic (exact) mass is 413 g/mol. The number of hydrogen-bond donors (Lipinski definition) is 1. The second-order valence-corrected chi connectivity index (χ2v) is 10.0. The van der Waals surface area contributed by atoms with Gasteiger partial charge in [-0.3, -0.25) is 10.1 Å². The molecule has 1 amide bonds. The Hall–Kier alpha value is -1.48. The van der Waals surface area contributed by atoms with Gasteiger partial charge >= 0.3 is 0 Å². The number of anilines is 1. The fraction of sp³-hybridized carbons (Fsp3) is 0.412. The van der Waals surface area contributed by atoms with Crippen molar-refractivity contribution in [2.24, 2.45) is 5.92 Å². The second-order valence-electron chi connectivity index (χ2n) is 6.49. The van der Waals surface area contributed by atoms with E-state index in [0.717, 1.165) is 17.7 Å². The van der Waals surface area contributed by atoms with Crippen LogP contribution in [0.25, 0.3) is 0 Å². The minimum Gasteiger partial charge on any atom is -0.298 e. The van der Waals surface area contributed by atoms with E-state index < -0.39 is 15.9 Å².